The first-order chi connectivity index (χ1) is 16.1. The highest BCUT2D eigenvalue weighted by Gasteiger charge is 2.73. The van der Waals surface area contributed by atoms with Crippen LogP contribution in [0.5, 0.6) is 17.2 Å². The van der Waals surface area contributed by atoms with E-state index in [4.69, 9.17) is 14.2 Å². The molecule has 0 bridgehead atoms. The molecule has 3 aromatic carbocycles. The molecular weight excluding hydrogens is 434 g/mol. The zero-order valence-electron chi connectivity index (χ0n) is 19.2. The molecule has 7 nitrogen and oxygen atoms in total. The highest BCUT2D eigenvalue weighted by Crippen LogP contribution is 2.61. The smallest absolute Gasteiger partial charge is 0.149 e. The Kier molecular flexibility index (Phi) is 4.39. The molecule has 3 aromatic rings. The number of benzene rings is 3. The standard InChI is InChI=1S/C27H27NO6/c1-25(16-4-10-19(29)11-5-16)22-28-23(32-25)26(2,17-6-12-20(30)13-7-17)34-24(28)27(3,33-22)18-8-14-21(31)15-9-18/h4-15,22-24,29-31H,1-3H3/t22-,23-,24-,25-,26+,27+/m0/s1. The molecule has 0 saturated carbocycles. The van der Waals surface area contributed by atoms with Crippen LogP contribution in [-0.2, 0) is 31.0 Å². The minimum atomic E-state index is -0.840. The Morgan fingerprint density at radius 2 is 0.735 bits per heavy atom. The van der Waals surface area contributed by atoms with Gasteiger partial charge in [-0.25, -0.2) is 4.90 Å². The van der Waals surface area contributed by atoms with Crippen LogP contribution in [0.2, 0.25) is 0 Å². The number of hydrogen-bond donors (Lipinski definition) is 3. The predicted octanol–water partition coefficient (Wildman–Crippen LogP) is 4.22. The van der Waals surface area contributed by atoms with Crippen molar-refractivity contribution in [3.63, 3.8) is 0 Å². The van der Waals surface area contributed by atoms with Crippen molar-refractivity contribution in [2.24, 2.45) is 0 Å². The lowest BCUT2D eigenvalue weighted by atomic mass is 9.94. The molecule has 0 spiro atoms. The van der Waals surface area contributed by atoms with Gasteiger partial charge in [-0.05, 0) is 73.9 Å². The molecule has 34 heavy (non-hydrogen) atoms. The fraction of sp³-hybridized carbons (Fsp3) is 0.333. The highest BCUT2D eigenvalue weighted by atomic mass is 16.7. The van der Waals surface area contributed by atoms with Gasteiger partial charge in [-0.1, -0.05) is 36.4 Å². The molecule has 6 atom stereocenters. The normalized spacial score (nSPS) is 36.6. The van der Waals surface area contributed by atoms with Crippen LogP contribution in [0.3, 0.4) is 0 Å². The summed E-state index contributed by atoms with van der Waals surface area (Å²) in [5.41, 5.74) is 0.123. The number of aromatic hydroxyl groups is 3. The maximum Gasteiger partial charge on any atom is 0.149 e. The van der Waals surface area contributed by atoms with Crippen LogP contribution in [0, 0.1) is 0 Å². The molecular formula is C27H27NO6. The summed E-state index contributed by atoms with van der Waals surface area (Å²) in [6.07, 6.45) is -1.40. The summed E-state index contributed by atoms with van der Waals surface area (Å²) in [5, 5.41) is 29.5. The first-order valence-electron chi connectivity index (χ1n) is 11.3. The number of ether oxygens (including phenoxy) is 3. The van der Waals surface area contributed by atoms with Gasteiger partial charge in [-0.3, -0.25) is 0 Å². The van der Waals surface area contributed by atoms with Crippen LogP contribution in [-0.4, -0.2) is 38.9 Å². The Bertz CT molecular complexity index is 1070. The molecule has 0 unspecified atom stereocenters. The Morgan fingerprint density at radius 1 is 0.500 bits per heavy atom. The van der Waals surface area contributed by atoms with Crippen molar-refractivity contribution in [1.82, 2.24) is 4.90 Å². The Labute approximate surface area is 197 Å². The van der Waals surface area contributed by atoms with E-state index in [1.807, 2.05) is 57.2 Å². The van der Waals surface area contributed by atoms with Crippen LogP contribution in [0.4, 0.5) is 0 Å². The van der Waals surface area contributed by atoms with E-state index in [2.05, 4.69) is 4.90 Å². The monoisotopic (exact) mass is 461 g/mol. The van der Waals surface area contributed by atoms with Gasteiger partial charge < -0.3 is 29.5 Å². The number of phenolic OH excluding ortho intramolecular Hbond substituents is 3. The van der Waals surface area contributed by atoms with Gasteiger partial charge in [0, 0.05) is 0 Å². The van der Waals surface area contributed by atoms with Gasteiger partial charge in [0.1, 0.15) is 52.7 Å². The van der Waals surface area contributed by atoms with E-state index in [0.717, 1.165) is 16.7 Å². The topological polar surface area (TPSA) is 91.6 Å². The van der Waals surface area contributed by atoms with Gasteiger partial charge in [0.25, 0.3) is 0 Å². The number of nitrogens with zero attached hydrogens (tertiary/aromatic N) is 1. The lowest BCUT2D eigenvalue weighted by Crippen LogP contribution is -2.40. The fourth-order valence-electron chi connectivity index (χ4n) is 5.62. The van der Waals surface area contributed by atoms with Crippen molar-refractivity contribution < 1.29 is 29.5 Å². The predicted molar refractivity (Wildman–Crippen MR) is 123 cm³/mol. The zero-order chi connectivity index (χ0) is 23.9. The summed E-state index contributed by atoms with van der Waals surface area (Å²) in [7, 11) is 0. The van der Waals surface area contributed by atoms with Gasteiger partial charge >= 0.3 is 0 Å². The average molecular weight is 462 g/mol. The van der Waals surface area contributed by atoms with E-state index in [1.54, 1.807) is 36.4 Å². The van der Waals surface area contributed by atoms with Gasteiger partial charge in [-0.2, -0.15) is 0 Å². The molecule has 7 heteroatoms. The molecule has 0 aliphatic carbocycles. The number of hydrogen-bond acceptors (Lipinski definition) is 7. The van der Waals surface area contributed by atoms with Crippen LogP contribution in [0.15, 0.2) is 72.8 Å². The molecule has 0 amide bonds. The van der Waals surface area contributed by atoms with Crippen molar-refractivity contribution >= 4 is 0 Å². The third-order valence-electron chi connectivity index (χ3n) is 7.62. The first-order valence-corrected chi connectivity index (χ1v) is 11.3. The van der Waals surface area contributed by atoms with E-state index >= 15 is 0 Å². The van der Waals surface area contributed by atoms with E-state index < -0.39 is 35.5 Å². The third-order valence-corrected chi connectivity index (χ3v) is 7.62. The van der Waals surface area contributed by atoms with Gasteiger partial charge in [-0.15, -0.1) is 0 Å². The molecule has 3 aliphatic rings. The van der Waals surface area contributed by atoms with E-state index in [-0.39, 0.29) is 17.2 Å². The molecule has 0 radical (unpaired) electrons. The number of phenols is 3. The summed E-state index contributed by atoms with van der Waals surface area (Å²) in [5.74, 6) is 0.548. The molecule has 3 aliphatic heterocycles. The summed E-state index contributed by atoms with van der Waals surface area (Å²) >= 11 is 0. The molecule has 3 saturated heterocycles. The zero-order valence-corrected chi connectivity index (χ0v) is 19.2. The molecule has 3 heterocycles. The second-order valence-electron chi connectivity index (χ2n) is 9.82. The SMILES string of the molecule is C[C@@]1(c2ccc(O)cc2)O[C@@H]2N3[C@H]1O[C@](C)(c1ccc(O)cc1)[C@@H]3O[C@]2(C)c1ccc(O)cc1. The summed E-state index contributed by atoms with van der Waals surface area (Å²) in [6.45, 7) is 6.00. The third kappa shape index (κ3) is 2.78. The van der Waals surface area contributed by atoms with Crippen LogP contribution >= 0.6 is 0 Å². The van der Waals surface area contributed by atoms with Crippen molar-refractivity contribution in [3.05, 3.63) is 89.5 Å². The van der Waals surface area contributed by atoms with Crippen molar-refractivity contribution in [2.75, 3.05) is 0 Å². The van der Waals surface area contributed by atoms with Crippen molar-refractivity contribution in [1.29, 1.82) is 0 Å². The Morgan fingerprint density at radius 3 is 0.971 bits per heavy atom. The highest BCUT2D eigenvalue weighted by molar-refractivity contribution is 5.38. The summed E-state index contributed by atoms with van der Waals surface area (Å²) < 4.78 is 20.3. The summed E-state index contributed by atoms with van der Waals surface area (Å²) in [6, 6.07) is 21.0. The Hall–Kier alpha value is -3.10. The Balaban J connectivity index is 1.50. The van der Waals surface area contributed by atoms with E-state index in [9.17, 15) is 15.3 Å². The van der Waals surface area contributed by atoms with Gasteiger partial charge in [0.2, 0.25) is 0 Å². The first kappa shape index (κ1) is 21.4. The lowest BCUT2D eigenvalue weighted by molar-refractivity contribution is -0.138. The van der Waals surface area contributed by atoms with Crippen molar-refractivity contribution in [2.45, 2.75) is 56.3 Å². The van der Waals surface area contributed by atoms with Gasteiger partial charge in [0.05, 0.1) is 0 Å². The van der Waals surface area contributed by atoms with E-state index in [0.29, 0.717) is 0 Å². The fourth-order valence-corrected chi connectivity index (χ4v) is 5.62. The maximum absolute atomic E-state index is 9.84. The molecule has 6 rings (SSSR count). The quantitative estimate of drug-likeness (QED) is 0.538. The summed E-state index contributed by atoms with van der Waals surface area (Å²) in [4.78, 5) is 2.15. The molecule has 0 aromatic heterocycles. The maximum atomic E-state index is 9.84. The number of rotatable bonds is 3. The minimum absolute atomic E-state index is 0.183. The second kappa shape index (κ2) is 6.96. The van der Waals surface area contributed by atoms with Crippen LogP contribution in [0.25, 0.3) is 0 Å². The second-order valence-corrected chi connectivity index (χ2v) is 9.82. The average Bonchev–Trinajstić information content (AvgIpc) is 3.39. The van der Waals surface area contributed by atoms with Crippen LogP contribution in [0.1, 0.15) is 37.5 Å². The molecule has 176 valence electrons. The van der Waals surface area contributed by atoms with Crippen molar-refractivity contribution in [3.8, 4) is 17.2 Å². The van der Waals surface area contributed by atoms with E-state index in [1.165, 1.54) is 0 Å². The molecule has 3 fully saturated rings. The largest absolute Gasteiger partial charge is 0.508 e. The lowest BCUT2D eigenvalue weighted by Gasteiger charge is -2.32. The van der Waals surface area contributed by atoms with Crippen LogP contribution < -0.4 is 0 Å². The van der Waals surface area contributed by atoms with Gasteiger partial charge in [0.15, 0.2) is 0 Å². The molecule has 3 N–H and O–H groups in total. The minimum Gasteiger partial charge on any atom is -0.508 e.